The monoisotopic (exact) mass is 330 g/mol. The fourth-order valence-corrected chi connectivity index (χ4v) is 2.06. The van der Waals surface area contributed by atoms with Crippen molar-refractivity contribution in [3.05, 3.63) is 53.6 Å². The molecule has 0 atom stereocenters. The van der Waals surface area contributed by atoms with Gasteiger partial charge < -0.3 is 18.9 Å². The molecule has 2 rings (SSSR count). The van der Waals surface area contributed by atoms with Crippen molar-refractivity contribution in [3.8, 4) is 17.2 Å². The van der Waals surface area contributed by atoms with Crippen LogP contribution in [0.4, 0.5) is 0 Å². The zero-order valence-electron chi connectivity index (χ0n) is 13.7. The number of carbonyl (C=O) groups excluding carboxylic acids is 2. The second kappa shape index (κ2) is 8.01. The maximum atomic E-state index is 12.4. The summed E-state index contributed by atoms with van der Waals surface area (Å²) in [5, 5.41) is 0. The fourth-order valence-electron chi connectivity index (χ4n) is 2.06. The molecule has 0 aromatic heterocycles. The molecule has 0 fully saturated rings. The fraction of sp³-hybridized carbons (Fsp3) is 0.222. The van der Waals surface area contributed by atoms with Crippen molar-refractivity contribution < 1.29 is 28.5 Å². The molecule has 24 heavy (non-hydrogen) atoms. The topological polar surface area (TPSA) is 71.1 Å². The second-order valence-corrected chi connectivity index (χ2v) is 4.79. The van der Waals surface area contributed by atoms with Crippen LogP contribution in [-0.4, -0.2) is 39.7 Å². The van der Waals surface area contributed by atoms with Crippen LogP contribution in [0, 0.1) is 0 Å². The van der Waals surface area contributed by atoms with E-state index in [1.807, 2.05) is 0 Å². The molecular formula is C18H18O6. The van der Waals surface area contributed by atoms with Crippen LogP contribution in [0.15, 0.2) is 42.5 Å². The highest BCUT2D eigenvalue weighted by molar-refractivity contribution is 6.00. The number of hydrogen-bond acceptors (Lipinski definition) is 6. The van der Waals surface area contributed by atoms with Crippen molar-refractivity contribution in [2.45, 2.75) is 0 Å². The molecular weight excluding hydrogens is 312 g/mol. The third-order valence-corrected chi connectivity index (χ3v) is 3.35. The van der Waals surface area contributed by atoms with Gasteiger partial charge in [-0.2, -0.15) is 0 Å². The summed E-state index contributed by atoms with van der Waals surface area (Å²) in [5.41, 5.74) is 0.786. The van der Waals surface area contributed by atoms with Crippen LogP contribution >= 0.6 is 0 Å². The molecule has 0 unspecified atom stereocenters. The first-order valence-corrected chi connectivity index (χ1v) is 7.15. The summed E-state index contributed by atoms with van der Waals surface area (Å²) < 4.78 is 20.4. The van der Waals surface area contributed by atoms with Crippen molar-refractivity contribution in [2.75, 3.05) is 27.9 Å². The van der Waals surface area contributed by atoms with Crippen LogP contribution in [0.25, 0.3) is 0 Å². The number of benzene rings is 2. The molecule has 0 bridgehead atoms. The molecule has 0 heterocycles. The number of ketones is 1. The molecule has 6 heteroatoms. The largest absolute Gasteiger partial charge is 0.497 e. The third-order valence-electron chi connectivity index (χ3n) is 3.35. The molecule has 0 spiro atoms. The quantitative estimate of drug-likeness (QED) is 0.574. The zero-order chi connectivity index (χ0) is 17.5. The van der Waals surface area contributed by atoms with Gasteiger partial charge in [0.1, 0.15) is 17.2 Å². The smallest absolute Gasteiger partial charge is 0.337 e. The molecule has 0 aliphatic rings. The van der Waals surface area contributed by atoms with E-state index in [4.69, 9.17) is 14.2 Å². The highest BCUT2D eigenvalue weighted by Crippen LogP contribution is 2.24. The van der Waals surface area contributed by atoms with E-state index in [0.717, 1.165) is 0 Å². The maximum Gasteiger partial charge on any atom is 0.337 e. The van der Waals surface area contributed by atoms with Crippen LogP contribution in [0.2, 0.25) is 0 Å². The van der Waals surface area contributed by atoms with Crippen molar-refractivity contribution in [2.24, 2.45) is 0 Å². The van der Waals surface area contributed by atoms with E-state index < -0.39 is 5.97 Å². The highest BCUT2D eigenvalue weighted by atomic mass is 16.5. The summed E-state index contributed by atoms with van der Waals surface area (Å²) in [6.45, 7) is -0.166. The molecule has 0 radical (unpaired) electrons. The lowest BCUT2D eigenvalue weighted by Crippen LogP contribution is -2.13. The maximum absolute atomic E-state index is 12.4. The van der Waals surface area contributed by atoms with Crippen molar-refractivity contribution >= 4 is 11.8 Å². The number of carbonyl (C=O) groups is 2. The molecule has 0 saturated heterocycles. The van der Waals surface area contributed by atoms with Crippen molar-refractivity contribution in [3.63, 3.8) is 0 Å². The predicted molar refractivity (Wildman–Crippen MR) is 87.2 cm³/mol. The molecule has 2 aromatic carbocycles. The first-order chi connectivity index (χ1) is 11.6. The number of ether oxygens (including phenoxy) is 4. The van der Waals surface area contributed by atoms with Gasteiger partial charge in [0.2, 0.25) is 5.78 Å². The predicted octanol–water partition coefficient (Wildman–Crippen LogP) is 2.75. The Hall–Kier alpha value is -3.02. The van der Waals surface area contributed by atoms with Crippen LogP contribution in [0.5, 0.6) is 17.2 Å². The van der Waals surface area contributed by atoms with Crippen LogP contribution in [0.3, 0.4) is 0 Å². The third kappa shape index (κ3) is 4.04. The number of methoxy groups -OCH3 is 3. The van der Waals surface area contributed by atoms with Gasteiger partial charge in [0, 0.05) is 0 Å². The van der Waals surface area contributed by atoms with Gasteiger partial charge >= 0.3 is 5.97 Å². The molecule has 0 saturated carbocycles. The Morgan fingerprint density at radius 3 is 2.12 bits per heavy atom. The average Bonchev–Trinajstić information content (AvgIpc) is 2.65. The van der Waals surface area contributed by atoms with E-state index in [-0.39, 0.29) is 12.4 Å². The zero-order valence-corrected chi connectivity index (χ0v) is 13.7. The summed E-state index contributed by atoms with van der Waals surface area (Å²) in [6, 6.07) is 11.3. The summed E-state index contributed by atoms with van der Waals surface area (Å²) in [4.78, 5) is 23.7. The van der Waals surface area contributed by atoms with Gasteiger partial charge in [-0.25, -0.2) is 4.79 Å². The minimum absolute atomic E-state index is 0.166. The van der Waals surface area contributed by atoms with Crippen LogP contribution in [-0.2, 0) is 4.74 Å². The molecule has 0 aliphatic carbocycles. The lowest BCUT2D eigenvalue weighted by atomic mass is 10.1. The van der Waals surface area contributed by atoms with Gasteiger partial charge in [0.25, 0.3) is 0 Å². The van der Waals surface area contributed by atoms with Crippen molar-refractivity contribution in [1.29, 1.82) is 0 Å². The number of esters is 1. The van der Waals surface area contributed by atoms with Gasteiger partial charge in [-0.15, -0.1) is 0 Å². The Kier molecular flexibility index (Phi) is 5.78. The summed E-state index contributed by atoms with van der Waals surface area (Å²) in [5.74, 6) is 0.798. The van der Waals surface area contributed by atoms with Gasteiger partial charge in [-0.1, -0.05) is 0 Å². The van der Waals surface area contributed by atoms with E-state index in [2.05, 4.69) is 4.74 Å². The standard InChI is InChI=1S/C18H18O6/c1-21-14-8-9-17(22-2)15(10-14)16(19)11-24-13-6-4-12(5-7-13)18(20)23-3/h4-10H,11H2,1-3H3. The van der Waals surface area contributed by atoms with E-state index in [0.29, 0.717) is 28.4 Å². The lowest BCUT2D eigenvalue weighted by Gasteiger charge is -2.10. The summed E-state index contributed by atoms with van der Waals surface area (Å²) in [6.07, 6.45) is 0. The van der Waals surface area contributed by atoms with Gasteiger partial charge in [-0.3, -0.25) is 4.79 Å². The Morgan fingerprint density at radius 2 is 1.54 bits per heavy atom. The molecule has 2 aromatic rings. The van der Waals surface area contributed by atoms with Gasteiger partial charge in [0.15, 0.2) is 6.61 Å². The lowest BCUT2D eigenvalue weighted by molar-refractivity contribution is 0.0600. The van der Waals surface area contributed by atoms with Gasteiger partial charge in [0.05, 0.1) is 32.5 Å². The first kappa shape index (κ1) is 17.3. The minimum Gasteiger partial charge on any atom is -0.497 e. The van der Waals surface area contributed by atoms with Crippen LogP contribution in [0.1, 0.15) is 20.7 Å². The molecule has 0 N–H and O–H groups in total. The summed E-state index contributed by atoms with van der Waals surface area (Å²) >= 11 is 0. The Bertz CT molecular complexity index is 721. The van der Waals surface area contributed by atoms with E-state index >= 15 is 0 Å². The van der Waals surface area contributed by atoms with Gasteiger partial charge in [-0.05, 0) is 42.5 Å². The Labute approximate surface area is 139 Å². The molecule has 0 amide bonds. The highest BCUT2D eigenvalue weighted by Gasteiger charge is 2.14. The second-order valence-electron chi connectivity index (χ2n) is 4.79. The van der Waals surface area contributed by atoms with E-state index in [9.17, 15) is 9.59 Å². The number of Topliss-reactive ketones (excluding diaryl/α,β-unsaturated/α-hetero) is 1. The Balaban J connectivity index is 2.06. The van der Waals surface area contributed by atoms with Crippen molar-refractivity contribution in [1.82, 2.24) is 0 Å². The normalized spacial score (nSPS) is 9.96. The first-order valence-electron chi connectivity index (χ1n) is 7.15. The molecule has 0 aliphatic heterocycles. The average molecular weight is 330 g/mol. The summed E-state index contributed by atoms with van der Waals surface area (Å²) in [7, 11) is 4.33. The van der Waals surface area contributed by atoms with E-state index in [1.165, 1.54) is 21.3 Å². The van der Waals surface area contributed by atoms with E-state index in [1.54, 1.807) is 42.5 Å². The molecule has 6 nitrogen and oxygen atoms in total. The molecule has 126 valence electrons. The SMILES string of the molecule is COC(=O)c1ccc(OCC(=O)c2cc(OC)ccc2OC)cc1. The minimum atomic E-state index is -0.432. The Morgan fingerprint density at radius 1 is 0.875 bits per heavy atom. The number of hydrogen-bond donors (Lipinski definition) is 0. The number of rotatable bonds is 7. The van der Waals surface area contributed by atoms with Crippen LogP contribution < -0.4 is 14.2 Å².